The summed E-state index contributed by atoms with van der Waals surface area (Å²) in [5, 5.41) is 6.05. The number of methoxy groups -OCH3 is 1. The van der Waals surface area contributed by atoms with Gasteiger partial charge in [0.05, 0.1) is 12.1 Å². The van der Waals surface area contributed by atoms with Crippen molar-refractivity contribution in [2.24, 2.45) is 0 Å². The molecule has 0 saturated heterocycles. The number of rotatable bonds is 7. The van der Waals surface area contributed by atoms with Gasteiger partial charge < -0.3 is 15.4 Å². The standard InChI is InChI=1S/C11H22N2O2/c1-11(2,15-3)6-7-12-8-10(14)13-9-4-5-9/h9,12H,4-8H2,1-3H3,(H,13,14). The Morgan fingerprint density at radius 3 is 2.67 bits per heavy atom. The summed E-state index contributed by atoms with van der Waals surface area (Å²) in [6, 6.07) is 0.453. The minimum Gasteiger partial charge on any atom is -0.379 e. The zero-order chi connectivity index (χ0) is 11.3. The van der Waals surface area contributed by atoms with Crippen molar-refractivity contribution < 1.29 is 9.53 Å². The maximum absolute atomic E-state index is 11.3. The lowest BCUT2D eigenvalue weighted by molar-refractivity contribution is -0.120. The third-order valence-corrected chi connectivity index (χ3v) is 2.68. The first kappa shape index (κ1) is 12.5. The monoisotopic (exact) mass is 214 g/mol. The van der Waals surface area contributed by atoms with E-state index in [1.54, 1.807) is 7.11 Å². The van der Waals surface area contributed by atoms with Gasteiger partial charge in [0, 0.05) is 13.2 Å². The molecule has 0 spiro atoms. The Labute approximate surface area is 91.8 Å². The molecule has 0 atom stereocenters. The van der Waals surface area contributed by atoms with E-state index in [1.807, 2.05) is 13.8 Å². The fourth-order valence-electron chi connectivity index (χ4n) is 1.20. The molecule has 1 aliphatic rings. The second kappa shape index (κ2) is 5.47. The van der Waals surface area contributed by atoms with Crippen LogP contribution >= 0.6 is 0 Å². The fourth-order valence-corrected chi connectivity index (χ4v) is 1.20. The summed E-state index contributed by atoms with van der Waals surface area (Å²) in [6.07, 6.45) is 3.19. The van der Waals surface area contributed by atoms with Gasteiger partial charge in [0.15, 0.2) is 0 Å². The minimum absolute atomic E-state index is 0.104. The molecule has 1 amide bonds. The van der Waals surface area contributed by atoms with E-state index >= 15 is 0 Å². The Bertz CT molecular complexity index is 213. The number of carbonyl (C=O) groups is 1. The van der Waals surface area contributed by atoms with Gasteiger partial charge in [0.1, 0.15) is 0 Å². The van der Waals surface area contributed by atoms with E-state index in [9.17, 15) is 4.79 Å². The van der Waals surface area contributed by atoms with Crippen LogP contribution in [0, 0.1) is 0 Å². The Morgan fingerprint density at radius 1 is 1.47 bits per heavy atom. The van der Waals surface area contributed by atoms with Crippen LogP contribution in [0.4, 0.5) is 0 Å². The van der Waals surface area contributed by atoms with E-state index in [2.05, 4.69) is 10.6 Å². The highest BCUT2D eigenvalue weighted by Crippen LogP contribution is 2.18. The first-order valence-electron chi connectivity index (χ1n) is 5.59. The normalized spacial score (nSPS) is 16.5. The highest BCUT2D eigenvalue weighted by molar-refractivity contribution is 5.78. The molecule has 0 aromatic carbocycles. The third-order valence-electron chi connectivity index (χ3n) is 2.68. The van der Waals surface area contributed by atoms with Crippen LogP contribution in [-0.4, -0.2) is 37.7 Å². The average molecular weight is 214 g/mol. The molecule has 4 nitrogen and oxygen atoms in total. The molecular weight excluding hydrogens is 192 g/mol. The summed E-state index contributed by atoms with van der Waals surface area (Å²) >= 11 is 0. The lowest BCUT2D eigenvalue weighted by Crippen LogP contribution is -2.37. The van der Waals surface area contributed by atoms with E-state index in [4.69, 9.17) is 4.74 Å². The summed E-state index contributed by atoms with van der Waals surface area (Å²) < 4.78 is 5.28. The molecule has 0 radical (unpaired) electrons. The molecule has 0 aromatic heterocycles. The van der Waals surface area contributed by atoms with Gasteiger partial charge in [-0.05, 0) is 39.7 Å². The van der Waals surface area contributed by atoms with Crippen molar-refractivity contribution >= 4 is 5.91 Å². The lowest BCUT2D eigenvalue weighted by Gasteiger charge is -2.22. The van der Waals surface area contributed by atoms with Crippen molar-refractivity contribution in [3.05, 3.63) is 0 Å². The second-order valence-corrected chi connectivity index (χ2v) is 4.73. The SMILES string of the molecule is COC(C)(C)CCNCC(=O)NC1CC1. The number of amides is 1. The average Bonchev–Trinajstić information content (AvgIpc) is 2.96. The van der Waals surface area contributed by atoms with Crippen LogP contribution in [0.15, 0.2) is 0 Å². The third kappa shape index (κ3) is 5.74. The highest BCUT2D eigenvalue weighted by Gasteiger charge is 2.22. The Morgan fingerprint density at radius 2 is 2.13 bits per heavy atom. The summed E-state index contributed by atoms with van der Waals surface area (Å²) in [4.78, 5) is 11.3. The lowest BCUT2D eigenvalue weighted by atomic mass is 10.1. The Kier molecular flexibility index (Phi) is 4.54. The van der Waals surface area contributed by atoms with Crippen LogP contribution in [0.1, 0.15) is 33.1 Å². The van der Waals surface area contributed by atoms with Gasteiger partial charge in [0.2, 0.25) is 5.91 Å². The van der Waals surface area contributed by atoms with Crippen molar-refractivity contribution in [2.45, 2.75) is 44.8 Å². The van der Waals surface area contributed by atoms with Crippen LogP contribution in [0.3, 0.4) is 0 Å². The zero-order valence-electron chi connectivity index (χ0n) is 9.93. The van der Waals surface area contributed by atoms with E-state index in [-0.39, 0.29) is 11.5 Å². The molecule has 1 aliphatic carbocycles. The Hall–Kier alpha value is -0.610. The number of hydrogen-bond acceptors (Lipinski definition) is 3. The van der Waals surface area contributed by atoms with E-state index in [0.29, 0.717) is 12.6 Å². The predicted octanol–water partition coefficient (Wildman–Crippen LogP) is 0.670. The molecule has 1 saturated carbocycles. The zero-order valence-corrected chi connectivity index (χ0v) is 9.93. The van der Waals surface area contributed by atoms with E-state index in [0.717, 1.165) is 25.8 Å². The predicted molar refractivity (Wildman–Crippen MR) is 59.7 cm³/mol. The molecule has 0 bridgehead atoms. The summed E-state index contributed by atoms with van der Waals surface area (Å²) in [5.74, 6) is 0.104. The maximum Gasteiger partial charge on any atom is 0.234 e. The van der Waals surface area contributed by atoms with Crippen LogP contribution in [-0.2, 0) is 9.53 Å². The van der Waals surface area contributed by atoms with Crippen molar-refractivity contribution in [1.29, 1.82) is 0 Å². The van der Waals surface area contributed by atoms with Crippen molar-refractivity contribution in [1.82, 2.24) is 10.6 Å². The molecular formula is C11H22N2O2. The van der Waals surface area contributed by atoms with Gasteiger partial charge in [-0.25, -0.2) is 0 Å². The van der Waals surface area contributed by atoms with Crippen LogP contribution in [0.25, 0.3) is 0 Å². The molecule has 1 fully saturated rings. The second-order valence-electron chi connectivity index (χ2n) is 4.73. The number of nitrogens with one attached hydrogen (secondary N) is 2. The molecule has 0 heterocycles. The summed E-state index contributed by atoms with van der Waals surface area (Å²) in [5.41, 5.74) is -0.111. The van der Waals surface area contributed by atoms with Crippen molar-refractivity contribution in [2.75, 3.05) is 20.2 Å². The number of hydrogen-bond donors (Lipinski definition) is 2. The van der Waals surface area contributed by atoms with Crippen LogP contribution in [0.2, 0.25) is 0 Å². The van der Waals surface area contributed by atoms with Gasteiger partial charge in [-0.1, -0.05) is 0 Å². The first-order valence-corrected chi connectivity index (χ1v) is 5.59. The first-order chi connectivity index (χ1) is 7.03. The summed E-state index contributed by atoms with van der Waals surface area (Å²) in [7, 11) is 1.71. The largest absolute Gasteiger partial charge is 0.379 e. The number of carbonyl (C=O) groups excluding carboxylic acids is 1. The smallest absolute Gasteiger partial charge is 0.234 e. The molecule has 0 aromatic rings. The quantitative estimate of drug-likeness (QED) is 0.612. The van der Waals surface area contributed by atoms with Gasteiger partial charge in [-0.3, -0.25) is 4.79 Å². The van der Waals surface area contributed by atoms with Crippen molar-refractivity contribution in [3.63, 3.8) is 0 Å². The molecule has 88 valence electrons. The Balaban J connectivity index is 1.98. The van der Waals surface area contributed by atoms with Gasteiger partial charge in [0.25, 0.3) is 0 Å². The topological polar surface area (TPSA) is 50.4 Å². The van der Waals surface area contributed by atoms with Gasteiger partial charge >= 0.3 is 0 Å². The molecule has 15 heavy (non-hydrogen) atoms. The van der Waals surface area contributed by atoms with Gasteiger partial charge in [-0.2, -0.15) is 0 Å². The molecule has 0 unspecified atom stereocenters. The highest BCUT2D eigenvalue weighted by atomic mass is 16.5. The molecule has 1 rings (SSSR count). The van der Waals surface area contributed by atoms with Gasteiger partial charge in [-0.15, -0.1) is 0 Å². The number of ether oxygens (including phenoxy) is 1. The van der Waals surface area contributed by atoms with Crippen molar-refractivity contribution in [3.8, 4) is 0 Å². The molecule has 4 heteroatoms. The molecule has 2 N–H and O–H groups in total. The van der Waals surface area contributed by atoms with Crippen LogP contribution in [0.5, 0.6) is 0 Å². The summed E-state index contributed by atoms with van der Waals surface area (Å²) in [6.45, 7) is 5.30. The van der Waals surface area contributed by atoms with E-state index < -0.39 is 0 Å². The maximum atomic E-state index is 11.3. The van der Waals surface area contributed by atoms with Crippen LogP contribution < -0.4 is 10.6 Å². The molecule has 0 aliphatic heterocycles. The minimum atomic E-state index is -0.111. The fraction of sp³-hybridized carbons (Fsp3) is 0.909. The van der Waals surface area contributed by atoms with E-state index in [1.165, 1.54) is 0 Å².